The zero-order valence-electron chi connectivity index (χ0n) is 28.0. The van der Waals surface area contributed by atoms with Crippen molar-refractivity contribution in [3.63, 3.8) is 0 Å². The number of amides is 5. The summed E-state index contributed by atoms with van der Waals surface area (Å²) in [5, 5.41) is 29.4. The van der Waals surface area contributed by atoms with E-state index >= 15 is 0 Å². The Morgan fingerprint density at radius 3 is 1.80 bits per heavy atom. The van der Waals surface area contributed by atoms with Gasteiger partial charge in [-0.1, -0.05) is 27.7 Å². The van der Waals surface area contributed by atoms with Crippen LogP contribution in [0.2, 0.25) is 0 Å². The van der Waals surface area contributed by atoms with Crippen LogP contribution in [0, 0.1) is 11.8 Å². The first kappa shape index (κ1) is 41.6. The molecule has 280 valence electrons. The number of nitrogens with two attached hydrogens (primary N) is 1. The molecule has 17 nitrogen and oxygen atoms in total. The first-order chi connectivity index (χ1) is 23.5. The average Bonchev–Trinajstić information content (AvgIpc) is 3.00. The molecule has 2 rings (SSSR count). The maximum absolute atomic E-state index is 13.4. The monoisotopic (exact) mass is 728 g/mol. The number of hydrogen-bond acceptors (Lipinski definition) is 10. The lowest BCUT2D eigenvalue weighted by Gasteiger charge is -2.27. The van der Waals surface area contributed by atoms with Gasteiger partial charge in [-0.15, -0.1) is 0 Å². The van der Waals surface area contributed by atoms with Crippen LogP contribution in [-0.2, 0) is 39.7 Å². The topological polar surface area (TPSA) is 276 Å². The number of benzene rings is 1. The van der Waals surface area contributed by atoms with Crippen molar-refractivity contribution < 1.29 is 61.4 Å². The summed E-state index contributed by atoms with van der Waals surface area (Å²) in [6.45, 7) is 7.48. The van der Waals surface area contributed by atoms with Crippen molar-refractivity contribution in [2.75, 3.05) is 5.32 Å². The van der Waals surface area contributed by atoms with Gasteiger partial charge in [-0.2, -0.15) is 13.2 Å². The van der Waals surface area contributed by atoms with Gasteiger partial charge < -0.3 is 46.9 Å². The lowest BCUT2D eigenvalue weighted by molar-refractivity contribution is -0.142. The second-order valence-corrected chi connectivity index (χ2v) is 12.2. The van der Waals surface area contributed by atoms with E-state index in [0.717, 1.165) is 18.2 Å². The fraction of sp³-hybridized carbons (Fsp3) is 0.484. The smallest absolute Gasteiger partial charge is 0.417 e. The van der Waals surface area contributed by atoms with Crippen LogP contribution in [-0.4, -0.2) is 81.9 Å². The van der Waals surface area contributed by atoms with Gasteiger partial charge in [0, 0.05) is 23.2 Å². The Labute approximate surface area is 287 Å². The van der Waals surface area contributed by atoms with Gasteiger partial charge in [-0.3, -0.25) is 33.6 Å². The zero-order chi connectivity index (χ0) is 39.0. The maximum atomic E-state index is 13.4. The fourth-order valence-corrected chi connectivity index (χ4v) is 4.50. The van der Waals surface area contributed by atoms with E-state index in [-0.39, 0.29) is 17.7 Å². The van der Waals surface area contributed by atoms with E-state index in [1.165, 1.54) is 20.8 Å². The fourth-order valence-electron chi connectivity index (χ4n) is 4.50. The number of nitrogens with one attached hydrogen (secondary N) is 5. The minimum atomic E-state index is -4.90. The SMILES string of the molecule is CC(C)[C@H](N)C(=O)N[C@@H](CC(=O)O)C(=O)N[C@H](C(=O)N[C@@H](C)C(=O)N[C@@H](CC(=O)O)C(=O)Nc1ccc2c(C(F)(F)F)cc(=O)oc2c1)C(C)C. The molecular weight excluding hydrogens is 689 g/mol. The first-order valence-electron chi connectivity index (χ1n) is 15.4. The Bertz CT molecular complexity index is 1730. The number of carbonyl (C=O) groups excluding carboxylic acids is 5. The molecule has 1 aromatic heterocycles. The number of carboxylic acid groups (broad SMARTS) is 2. The highest BCUT2D eigenvalue weighted by molar-refractivity contribution is 6.01. The molecule has 5 atom stereocenters. The lowest BCUT2D eigenvalue weighted by Crippen LogP contribution is -2.59. The minimum Gasteiger partial charge on any atom is -0.481 e. The third-order valence-electron chi connectivity index (χ3n) is 7.36. The molecule has 20 heteroatoms. The van der Waals surface area contributed by atoms with E-state index in [4.69, 9.17) is 10.2 Å². The van der Waals surface area contributed by atoms with Crippen LogP contribution in [0.1, 0.15) is 53.0 Å². The number of aliphatic carboxylic acids is 2. The van der Waals surface area contributed by atoms with Crippen LogP contribution in [0.4, 0.5) is 18.9 Å². The largest absolute Gasteiger partial charge is 0.481 e. The molecule has 0 saturated heterocycles. The summed E-state index contributed by atoms with van der Waals surface area (Å²) in [5.74, 6) is -8.93. The third-order valence-corrected chi connectivity index (χ3v) is 7.36. The van der Waals surface area contributed by atoms with Crippen LogP contribution in [0.15, 0.2) is 33.5 Å². The predicted octanol–water partition coefficient (Wildman–Crippen LogP) is 0.298. The Balaban J connectivity index is 2.19. The number of hydrogen-bond donors (Lipinski definition) is 8. The quantitative estimate of drug-likeness (QED) is 0.108. The molecule has 0 bridgehead atoms. The molecule has 0 saturated carbocycles. The van der Waals surface area contributed by atoms with E-state index in [1.54, 1.807) is 13.8 Å². The number of carboxylic acids is 2. The molecule has 5 amide bonds. The van der Waals surface area contributed by atoms with Crippen LogP contribution < -0.4 is 37.9 Å². The molecule has 0 aliphatic heterocycles. The molecular formula is C31H39F3N6O11. The van der Waals surface area contributed by atoms with Gasteiger partial charge in [0.15, 0.2) is 0 Å². The Kier molecular flexibility index (Phi) is 14.2. The van der Waals surface area contributed by atoms with Gasteiger partial charge in [-0.05, 0) is 30.9 Å². The van der Waals surface area contributed by atoms with Crippen molar-refractivity contribution >= 4 is 58.1 Å². The summed E-state index contributed by atoms with van der Waals surface area (Å²) >= 11 is 0. The van der Waals surface area contributed by atoms with Gasteiger partial charge in [0.2, 0.25) is 29.5 Å². The Hall–Kier alpha value is -5.53. The van der Waals surface area contributed by atoms with Crippen molar-refractivity contribution in [3.05, 3.63) is 40.2 Å². The molecule has 9 N–H and O–H groups in total. The van der Waals surface area contributed by atoms with E-state index in [0.29, 0.717) is 0 Å². The summed E-state index contributed by atoms with van der Waals surface area (Å²) in [6, 6.07) is -4.17. The minimum absolute atomic E-state index is 0.208. The number of fused-ring (bicyclic) bond motifs is 1. The average molecular weight is 729 g/mol. The van der Waals surface area contributed by atoms with Crippen LogP contribution >= 0.6 is 0 Å². The summed E-state index contributed by atoms with van der Waals surface area (Å²) in [4.78, 5) is 99.1. The molecule has 1 heterocycles. The highest BCUT2D eigenvalue weighted by Gasteiger charge is 2.35. The maximum Gasteiger partial charge on any atom is 0.417 e. The number of rotatable bonds is 16. The molecule has 0 radical (unpaired) electrons. The highest BCUT2D eigenvalue weighted by atomic mass is 19.4. The standard InChI is InChI=1S/C31H39F3N6O11/c1-12(2)24(35)29(49)39-19(11-22(43)44)28(48)40-25(13(3)4)30(50)36-14(5)26(46)38-18(10-21(41)42)27(47)37-15-6-7-16-17(31(32,33)34)9-23(45)51-20(16)8-15/h6-9,12-14,18-19,24-25H,10-11,35H2,1-5H3,(H,36,50)(H,37,47)(H,38,46)(H,39,49)(H,40,48)(H,41,42)(H,43,44)/t14-,18-,19-,24-,25-/m0/s1. The number of halogens is 3. The van der Waals surface area contributed by atoms with Crippen molar-refractivity contribution in [1.29, 1.82) is 0 Å². The van der Waals surface area contributed by atoms with Gasteiger partial charge in [0.25, 0.3) is 0 Å². The lowest BCUT2D eigenvalue weighted by atomic mass is 10.0. The Morgan fingerprint density at radius 2 is 1.29 bits per heavy atom. The van der Waals surface area contributed by atoms with Gasteiger partial charge in [0.1, 0.15) is 29.8 Å². The molecule has 2 aromatic rings. The summed E-state index contributed by atoms with van der Waals surface area (Å²) in [6.07, 6.45) is -6.71. The Morgan fingerprint density at radius 1 is 0.745 bits per heavy atom. The van der Waals surface area contributed by atoms with Crippen molar-refractivity contribution in [3.8, 4) is 0 Å². The van der Waals surface area contributed by atoms with Gasteiger partial charge >= 0.3 is 23.7 Å². The van der Waals surface area contributed by atoms with E-state index in [1.807, 2.05) is 0 Å². The number of carbonyl (C=O) groups is 7. The second-order valence-electron chi connectivity index (χ2n) is 12.2. The number of alkyl halides is 3. The van der Waals surface area contributed by atoms with Crippen molar-refractivity contribution in [1.82, 2.24) is 21.3 Å². The summed E-state index contributed by atoms with van der Waals surface area (Å²) in [5.41, 5.74) is 2.44. The van der Waals surface area contributed by atoms with Crippen molar-refractivity contribution in [2.24, 2.45) is 17.6 Å². The molecule has 0 aliphatic carbocycles. The van der Waals surface area contributed by atoms with Gasteiger partial charge in [-0.25, -0.2) is 4.79 Å². The molecule has 0 unspecified atom stereocenters. The van der Waals surface area contributed by atoms with Crippen LogP contribution in [0.25, 0.3) is 11.0 Å². The third kappa shape index (κ3) is 12.1. The van der Waals surface area contributed by atoms with E-state index < -0.39 is 119 Å². The highest BCUT2D eigenvalue weighted by Crippen LogP contribution is 2.34. The number of anilines is 1. The molecule has 1 aromatic carbocycles. The summed E-state index contributed by atoms with van der Waals surface area (Å²) < 4.78 is 44.9. The van der Waals surface area contributed by atoms with Crippen LogP contribution in [0.3, 0.4) is 0 Å². The zero-order valence-corrected chi connectivity index (χ0v) is 28.0. The van der Waals surface area contributed by atoms with E-state index in [2.05, 4.69) is 26.6 Å². The van der Waals surface area contributed by atoms with Gasteiger partial charge in [0.05, 0.1) is 24.4 Å². The molecule has 0 aliphatic rings. The second kappa shape index (κ2) is 17.4. The molecule has 0 fully saturated rings. The predicted molar refractivity (Wildman–Crippen MR) is 172 cm³/mol. The van der Waals surface area contributed by atoms with Crippen molar-refractivity contribution in [2.45, 2.75) is 83.8 Å². The summed E-state index contributed by atoms with van der Waals surface area (Å²) in [7, 11) is 0. The molecule has 51 heavy (non-hydrogen) atoms. The van der Waals surface area contributed by atoms with E-state index in [9.17, 15) is 61.7 Å². The van der Waals surface area contributed by atoms with Crippen LogP contribution in [0.5, 0.6) is 0 Å². The normalized spacial score (nSPS) is 14.5. The first-order valence-corrected chi connectivity index (χ1v) is 15.4. The molecule has 0 spiro atoms.